The van der Waals surface area contributed by atoms with Crippen molar-refractivity contribution in [1.82, 2.24) is 19.4 Å². The molecule has 2 saturated heterocycles. The normalized spacial score (nSPS) is 17.3. The SMILES string of the molecule is COC(=O)c1cc2c(nc(CN3CCN(c4cccc(OCc5ccc(C#N)cc5F)n4)CC3)n2CC2CCO2)s1. The first kappa shape index (κ1) is 27.1. The van der Waals surface area contributed by atoms with E-state index in [1.807, 2.05) is 24.3 Å². The number of imidazole rings is 1. The lowest BCUT2D eigenvalue weighted by molar-refractivity contribution is -0.0592. The summed E-state index contributed by atoms with van der Waals surface area (Å²) in [5, 5.41) is 8.93. The van der Waals surface area contributed by atoms with Gasteiger partial charge in [-0.15, -0.1) is 11.3 Å². The van der Waals surface area contributed by atoms with Crippen LogP contribution in [0.15, 0.2) is 42.5 Å². The highest BCUT2D eigenvalue weighted by Gasteiger charge is 2.26. The topological polar surface area (TPSA) is 106 Å². The van der Waals surface area contributed by atoms with Crippen LogP contribution in [0.1, 0.15) is 33.0 Å². The minimum absolute atomic E-state index is 0.0267. The molecule has 2 aliphatic rings. The third-order valence-corrected chi connectivity index (χ3v) is 8.42. The number of hydrogen-bond acceptors (Lipinski definition) is 10. The van der Waals surface area contributed by atoms with E-state index in [1.165, 1.54) is 24.5 Å². The van der Waals surface area contributed by atoms with Crippen molar-refractivity contribution in [3.63, 3.8) is 0 Å². The quantitative estimate of drug-likeness (QED) is 0.274. The van der Waals surface area contributed by atoms with Crippen molar-refractivity contribution in [1.29, 1.82) is 5.26 Å². The lowest BCUT2D eigenvalue weighted by atomic mass is 10.1. The number of benzene rings is 1. The van der Waals surface area contributed by atoms with Gasteiger partial charge in [-0.05, 0) is 30.7 Å². The number of hydrogen-bond donors (Lipinski definition) is 0. The maximum Gasteiger partial charge on any atom is 0.348 e. The van der Waals surface area contributed by atoms with Gasteiger partial charge in [-0.25, -0.2) is 14.2 Å². The Bertz CT molecular complexity index is 1600. The second kappa shape index (κ2) is 11.8. The number of pyridine rings is 1. The molecular formula is C29H29FN6O4S. The van der Waals surface area contributed by atoms with Crippen LogP contribution in [0, 0.1) is 17.1 Å². The van der Waals surface area contributed by atoms with Crippen molar-refractivity contribution in [3.8, 4) is 11.9 Å². The number of piperazine rings is 1. The maximum absolute atomic E-state index is 14.2. The Kier molecular flexibility index (Phi) is 7.82. The molecule has 0 bridgehead atoms. The van der Waals surface area contributed by atoms with Crippen LogP contribution in [0.25, 0.3) is 10.3 Å². The van der Waals surface area contributed by atoms with Crippen molar-refractivity contribution in [2.75, 3.05) is 44.8 Å². The van der Waals surface area contributed by atoms with E-state index in [4.69, 9.17) is 24.5 Å². The number of methoxy groups -OCH3 is 1. The van der Waals surface area contributed by atoms with Crippen LogP contribution in [-0.4, -0.2) is 71.4 Å². The first-order valence-electron chi connectivity index (χ1n) is 13.5. The fourth-order valence-electron chi connectivity index (χ4n) is 5.00. The maximum atomic E-state index is 14.2. The third kappa shape index (κ3) is 5.88. The summed E-state index contributed by atoms with van der Waals surface area (Å²) >= 11 is 1.36. The summed E-state index contributed by atoms with van der Waals surface area (Å²) in [6, 6.07) is 13.7. The van der Waals surface area contributed by atoms with E-state index in [9.17, 15) is 9.18 Å². The summed E-state index contributed by atoms with van der Waals surface area (Å²) in [5.41, 5.74) is 1.59. The van der Waals surface area contributed by atoms with Crippen LogP contribution >= 0.6 is 11.3 Å². The average Bonchev–Trinajstić information content (AvgIpc) is 3.52. The largest absolute Gasteiger partial charge is 0.473 e. The molecule has 6 rings (SSSR count). The molecule has 2 aliphatic heterocycles. The van der Waals surface area contributed by atoms with E-state index in [-0.39, 0.29) is 24.2 Å². The molecule has 0 amide bonds. The number of fused-ring (bicyclic) bond motifs is 1. The van der Waals surface area contributed by atoms with Crippen molar-refractivity contribution in [2.45, 2.75) is 32.2 Å². The molecule has 41 heavy (non-hydrogen) atoms. The van der Waals surface area contributed by atoms with Crippen molar-refractivity contribution >= 4 is 33.5 Å². The van der Waals surface area contributed by atoms with E-state index in [1.54, 1.807) is 18.2 Å². The molecule has 4 aromatic rings. The fraction of sp³-hybridized carbons (Fsp3) is 0.379. The van der Waals surface area contributed by atoms with E-state index in [0.717, 1.165) is 61.2 Å². The number of nitrogens with zero attached hydrogens (tertiary/aromatic N) is 6. The highest BCUT2D eigenvalue weighted by Crippen LogP contribution is 2.29. The highest BCUT2D eigenvalue weighted by molar-refractivity contribution is 7.20. The molecule has 12 heteroatoms. The molecule has 0 N–H and O–H groups in total. The molecule has 212 valence electrons. The molecule has 3 aromatic heterocycles. The Hall–Kier alpha value is -4.05. The second-order valence-corrected chi connectivity index (χ2v) is 11.0. The summed E-state index contributed by atoms with van der Waals surface area (Å²) in [6.45, 7) is 5.45. The lowest BCUT2D eigenvalue weighted by Gasteiger charge is -2.35. The summed E-state index contributed by atoms with van der Waals surface area (Å²) in [5.74, 6) is 1.37. The number of ether oxygens (including phenoxy) is 3. The number of carbonyl (C=O) groups excluding carboxylic acids is 1. The number of rotatable bonds is 9. The fourth-order valence-corrected chi connectivity index (χ4v) is 5.97. The van der Waals surface area contributed by atoms with Gasteiger partial charge in [0.05, 0.1) is 43.5 Å². The zero-order valence-corrected chi connectivity index (χ0v) is 23.4. The van der Waals surface area contributed by atoms with Gasteiger partial charge in [0.15, 0.2) is 0 Å². The lowest BCUT2D eigenvalue weighted by Crippen LogP contribution is -2.46. The monoisotopic (exact) mass is 576 g/mol. The summed E-state index contributed by atoms with van der Waals surface area (Å²) in [7, 11) is 1.39. The third-order valence-electron chi connectivity index (χ3n) is 7.42. The number of anilines is 1. The molecule has 1 aromatic carbocycles. The zero-order chi connectivity index (χ0) is 28.3. The first-order chi connectivity index (χ1) is 20.0. The molecule has 0 aliphatic carbocycles. The Morgan fingerprint density at radius 3 is 2.73 bits per heavy atom. The molecule has 0 spiro atoms. The molecular weight excluding hydrogens is 547 g/mol. The molecule has 0 radical (unpaired) electrons. The van der Waals surface area contributed by atoms with Gasteiger partial charge in [-0.1, -0.05) is 12.1 Å². The summed E-state index contributed by atoms with van der Waals surface area (Å²) in [6.07, 6.45) is 1.18. The summed E-state index contributed by atoms with van der Waals surface area (Å²) in [4.78, 5) is 27.6. The van der Waals surface area contributed by atoms with Crippen LogP contribution in [0.2, 0.25) is 0 Å². The van der Waals surface area contributed by atoms with Gasteiger partial charge in [0.2, 0.25) is 5.88 Å². The predicted molar refractivity (Wildman–Crippen MR) is 150 cm³/mol. The van der Waals surface area contributed by atoms with E-state index in [0.29, 0.717) is 29.4 Å². The first-order valence-corrected chi connectivity index (χ1v) is 14.3. The number of nitriles is 1. The molecule has 5 heterocycles. The van der Waals surface area contributed by atoms with Crippen LogP contribution in [0.4, 0.5) is 10.2 Å². The Labute approximate surface area is 240 Å². The van der Waals surface area contributed by atoms with Gasteiger partial charge in [-0.2, -0.15) is 10.2 Å². The van der Waals surface area contributed by atoms with E-state index in [2.05, 4.69) is 19.4 Å². The van der Waals surface area contributed by atoms with Crippen LogP contribution < -0.4 is 9.64 Å². The average molecular weight is 577 g/mol. The van der Waals surface area contributed by atoms with E-state index < -0.39 is 5.82 Å². The Morgan fingerprint density at radius 1 is 1.20 bits per heavy atom. The number of carbonyl (C=O) groups is 1. The van der Waals surface area contributed by atoms with Gasteiger partial charge in [-0.3, -0.25) is 4.90 Å². The molecule has 10 nitrogen and oxygen atoms in total. The Morgan fingerprint density at radius 2 is 2.02 bits per heavy atom. The van der Waals surface area contributed by atoms with Gasteiger partial charge in [0, 0.05) is 44.4 Å². The Balaban J connectivity index is 1.09. The van der Waals surface area contributed by atoms with Crippen LogP contribution in [0.3, 0.4) is 0 Å². The number of esters is 1. The van der Waals surface area contributed by atoms with Crippen molar-refractivity contribution < 1.29 is 23.4 Å². The molecule has 0 saturated carbocycles. The smallest absolute Gasteiger partial charge is 0.348 e. The molecule has 1 atom stereocenters. The number of halogens is 1. The highest BCUT2D eigenvalue weighted by atomic mass is 32.1. The van der Waals surface area contributed by atoms with Crippen LogP contribution in [0.5, 0.6) is 5.88 Å². The van der Waals surface area contributed by atoms with Gasteiger partial charge >= 0.3 is 5.97 Å². The predicted octanol–water partition coefficient (Wildman–Crippen LogP) is 3.98. The number of aromatic nitrogens is 3. The van der Waals surface area contributed by atoms with Crippen molar-refractivity contribution in [3.05, 3.63) is 70.1 Å². The standard InChI is InChI=1S/C29H29FN6O4S/c1-38-29(37)24-14-23-28(41-24)33-26(36(23)16-21-7-12-39-21)17-34-8-10-35(11-9-34)25-3-2-4-27(32-25)40-18-20-6-5-19(15-31)13-22(20)30/h2-6,13-14,21H,7-12,16-18H2,1H3. The second-order valence-electron chi connectivity index (χ2n) is 10.0. The summed E-state index contributed by atoms with van der Waals surface area (Å²) < 4.78 is 32.8. The van der Waals surface area contributed by atoms with Gasteiger partial charge < -0.3 is 23.7 Å². The van der Waals surface area contributed by atoms with Crippen molar-refractivity contribution in [2.24, 2.45) is 0 Å². The van der Waals surface area contributed by atoms with Crippen LogP contribution in [-0.2, 0) is 29.2 Å². The minimum atomic E-state index is -0.471. The van der Waals surface area contributed by atoms with Gasteiger partial charge in [0.25, 0.3) is 0 Å². The zero-order valence-electron chi connectivity index (χ0n) is 22.6. The van der Waals surface area contributed by atoms with E-state index >= 15 is 0 Å². The molecule has 1 unspecified atom stereocenters. The number of thiophene rings is 1. The van der Waals surface area contributed by atoms with Gasteiger partial charge in [0.1, 0.15) is 33.8 Å². The molecule has 2 fully saturated rings. The minimum Gasteiger partial charge on any atom is -0.473 e.